The van der Waals surface area contributed by atoms with Gasteiger partial charge in [-0.05, 0) is 57.6 Å². The van der Waals surface area contributed by atoms with E-state index in [9.17, 15) is 4.79 Å². The number of benzene rings is 1. The summed E-state index contributed by atoms with van der Waals surface area (Å²) in [5.74, 6) is 1.31. The monoisotopic (exact) mass is 328 g/mol. The van der Waals surface area contributed by atoms with E-state index >= 15 is 0 Å². The maximum atomic E-state index is 12.4. The van der Waals surface area contributed by atoms with Crippen LogP contribution in [-0.4, -0.2) is 36.5 Å². The lowest BCUT2D eigenvalue weighted by atomic mass is 9.79. The number of ether oxygens (including phenoxy) is 1. The van der Waals surface area contributed by atoms with Crippen LogP contribution in [0.2, 0.25) is 0 Å². The fourth-order valence-corrected chi connectivity index (χ4v) is 4.59. The summed E-state index contributed by atoms with van der Waals surface area (Å²) in [5, 5.41) is 3.07. The molecule has 3 aliphatic rings. The molecule has 0 aromatic heterocycles. The van der Waals surface area contributed by atoms with E-state index in [1.54, 1.807) is 0 Å². The molecular weight excluding hydrogens is 300 g/mol. The number of nitrogens with one attached hydrogen (secondary N) is 1. The number of piperidine rings is 1. The van der Waals surface area contributed by atoms with Crippen molar-refractivity contribution in [2.45, 2.75) is 57.6 Å². The number of nitrogens with zero attached hydrogens (tertiary/aromatic N) is 1. The summed E-state index contributed by atoms with van der Waals surface area (Å²) in [6.07, 6.45) is 8.47. The Bertz CT molecular complexity index is 597. The van der Waals surface area contributed by atoms with Crippen LogP contribution in [0.1, 0.15) is 50.5 Å². The SMILES string of the molecule is O=C1NCCC[C@@]12CCN(Cc1ccccc1OC1CCCC1)C2. The van der Waals surface area contributed by atoms with Crippen LogP contribution in [0.25, 0.3) is 0 Å². The van der Waals surface area contributed by atoms with Gasteiger partial charge in [0.15, 0.2) is 0 Å². The summed E-state index contributed by atoms with van der Waals surface area (Å²) < 4.78 is 6.27. The highest BCUT2D eigenvalue weighted by atomic mass is 16.5. The van der Waals surface area contributed by atoms with E-state index in [2.05, 4.69) is 34.5 Å². The van der Waals surface area contributed by atoms with E-state index in [0.717, 1.165) is 51.2 Å². The van der Waals surface area contributed by atoms with Crippen molar-refractivity contribution in [2.24, 2.45) is 5.41 Å². The van der Waals surface area contributed by atoms with Crippen LogP contribution in [0.4, 0.5) is 0 Å². The second kappa shape index (κ2) is 6.75. The quantitative estimate of drug-likeness (QED) is 0.923. The minimum absolute atomic E-state index is 0.139. The molecule has 0 bridgehead atoms. The van der Waals surface area contributed by atoms with Crippen molar-refractivity contribution in [2.75, 3.05) is 19.6 Å². The maximum absolute atomic E-state index is 12.4. The highest BCUT2D eigenvalue weighted by Crippen LogP contribution is 2.38. The van der Waals surface area contributed by atoms with Gasteiger partial charge in [-0.1, -0.05) is 18.2 Å². The largest absolute Gasteiger partial charge is 0.490 e. The van der Waals surface area contributed by atoms with Gasteiger partial charge in [-0.2, -0.15) is 0 Å². The number of likely N-dealkylation sites (tertiary alicyclic amines) is 1. The van der Waals surface area contributed by atoms with Crippen molar-refractivity contribution in [1.82, 2.24) is 10.2 Å². The molecule has 2 saturated heterocycles. The fraction of sp³-hybridized carbons (Fsp3) is 0.650. The zero-order chi connectivity index (χ0) is 16.4. The summed E-state index contributed by atoms with van der Waals surface area (Å²) in [5.41, 5.74) is 1.12. The standard InChI is InChI=1S/C20H28N2O2/c23-19-20(10-5-12-21-19)11-13-22(15-20)14-16-6-1-4-9-18(16)24-17-7-2-3-8-17/h1,4,6,9,17H,2-3,5,7-8,10-15H2,(H,21,23)/t20-/m0/s1. The molecule has 130 valence electrons. The van der Waals surface area contributed by atoms with Crippen LogP contribution in [-0.2, 0) is 11.3 Å². The molecule has 1 amide bonds. The van der Waals surface area contributed by atoms with Crippen molar-refractivity contribution >= 4 is 5.91 Å². The predicted octanol–water partition coefficient (Wildman–Crippen LogP) is 3.11. The molecule has 2 aliphatic heterocycles. The van der Waals surface area contributed by atoms with Crippen molar-refractivity contribution < 1.29 is 9.53 Å². The molecule has 2 heterocycles. The van der Waals surface area contributed by atoms with Gasteiger partial charge < -0.3 is 10.1 Å². The second-order valence-electron chi connectivity index (χ2n) is 7.73. The lowest BCUT2D eigenvalue weighted by Gasteiger charge is -2.32. The first-order chi connectivity index (χ1) is 11.8. The molecule has 1 aliphatic carbocycles. The number of carbonyl (C=O) groups is 1. The Kier molecular flexibility index (Phi) is 4.49. The first-order valence-corrected chi connectivity index (χ1v) is 9.50. The number of para-hydroxylation sites is 1. The Morgan fingerprint density at radius 2 is 2.00 bits per heavy atom. The molecule has 0 radical (unpaired) electrons. The molecule has 4 nitrogen and oxygen atoms in total. The molecule has 1 aromatic rings. The van der Waals surface area contributed by atoms with E-state index in [1.807, 2.05) is 0 Å². The third-order valence-corrected chi connectivity index (χ3v) is 5.99. The zero-order valence-corrected chi connectivity index (χ0v) is 14.4. The van der Waals surface area contributed by atoms with Crippen LogP contribution >= 0.6 is 0 Å². The summed E-state index contributed by atoms with van der Waals surface area (Å²) in [6.45, 7) is 3.62. The molecule has 1 saturated carbocycles. The van der Waals surface area contributed by atoms with Gasteiger partial charge in [-0.25, -0.2) is 0 Å². The van der Waals surface area contributed by atoms with E-state index in [-0.39, 0.29) is 11.3 Å². The van der Waals surface area contributed by atoms with Crippen LogP contribution in [0.15, 0.2) is 24.3 Å². The minimum Gasteiger partial charge on any atom is -0.490 e. The van der Waals surface area contributed by atoms with Gasteiger partial charge in [-0.15, -0.1) is 0 Å². The van der Waals surface area contributed by atoms with Gasteiger partial charge in [0.1, 0.15) is 5.75 Å². The summed E-state index contributed by atoms with van der Waals surface area (Å²) in [4.78, 5) is 14.8. The fourth-order valence-electron chi connectivity index (χ4n) is 4.59. The van der Waals surface area contributed by atoms with Crippen molar-refractivity contribution in [1.29, 1.82) is 0 Å². The van der Waals surface area contributed by atoms with Gasteiger partial charge in [0.25, 0.3) is 0 Å². The average molecular weight is 328 g/mol. The second-order valence-corrected chi connectivity index (χ2v) is 7.73. The van der Waals surface area contributed by atoms with E-state index in [4.69, 9.17) is 4.74 Å². The van der Waals surface area contributed by atoms with Crippen molar-refractivity contribution in [3.63, 3.8) is 0 Å². The van der Waals surface area contributed by atoms with Crippen molar-refractivity contribution in [3.05, 3.63) is 29.8 Å². The van der Waals surface area contributed by atoms with E-state index in [1.165, 1.54) is 31.2 Å². The lowest BCUT2D eigenvalue weighted by Crippen LogP contribution is -2.47. The molecule has 0 unspecified atom stereocenters. The summed E-state index contributed by atoms with van der Waals surface area (Å²) >= 11 is 0. The Morgan fingerprint density at radius 1 is 1.17 bits per heavy atom. The van der Waals surface area contributed by atoms with Gasteiger partial charge in [0.05, 0.1) is 11.5 Å². The molecule has 1 N–H and O–H groups in total. The average Bonchev–Trinajstić information content (AvgIpc) is 3.23. The number of rotatable bonds is 4. The lowest BCUT2D eigenvalue weighted by molar-refractivity contribution is -0.132. The molecule has 1 spiro atoms. The number of hydrogen-bond donors (Lipinski definition) is 1. The Labute approximate surface area is 144 Å². The highest BCUT2D eigenvalue weighted by Gasteiger charge is 2.45. The van der Waals surface area contributed by atoms with Gasteiger partial charge >= 0.3 is 0 Å². The Hall–Kier alpha value is -1.55. The predicted molar refractivity (Wildman–Crippen MR) is 93.9 cm³/mol. The molecule has 3 fully saturated rings. The van der Waals surface area contributed by atoms with Crippen molar-refractivity contribution in [3.8, 4) is 5.75 Å². The first-order valence-electron chi connectivity index (χ1n) is 9.50. The highest BCUT2D eigenvalue weighted by molar-refractivity contribution is 5.84. The van der Waals surface area contributed by atoms with E-state index in [0.29, 0.717) is 6.10 Å². The summed E-state index contributed by atoms with van der Waals surface area (Å²) in [6, 6.07) is 8.44. The molecule has 1 aromatic carbocycles. The van der Waals surface area contributed by atoms with E-state index < -0.39 is 0 Å². The third-order valence-electron chi connectivity index (χ3n) is 5.99. The van der Waals surface area contributed by atoms with Gasteiger partial charge in [0.2, 0.25) is 5.91 Å². The normalized spacial score (nSPS) is 28.4. The maximum Gasteiger partial charge on any atom is 0.227 e. The number of hydrogen-bond acceptors (Lipinski definition) is 3. The third kappa shape index (κ3) is 3.16. The zero-order valence-electron chi connectivity index (χ0n) is 14.4. The molecule has 4 heteroatoms. The molecule has 4 rings (SSSR count). The molecule has 24 heavy (non-hydrogen) atoms. The number of carbonyl (C=O) groups excluding carboxylic acids is 1. The van der Waals surface area contributed by atoms with Crippen LogP contribution < -0.4 is 10.1 Å². The number of amides is 1. The first kappa shape index (κ1) is 15.9. The van der Waals surface area contributed by atoms with Crippen LogP contribution in [0.5, 0.6) is 5.75 Å². The molecule has 1 atom stereocenters. The van der Waals surface area contributed by atoms with Crippen LogP contribution in [0, 0.1) is 5.41 Å². The molecular formula is C20H28N2O2. The smallest absolute Gasteiger partial charge is 0.227 e. The topological polar surface area (TPSA) is 41.6 Å². The Balaban J connectivity index is 1.43. The van der Waals surface area contributed by atoms with Crippen LogP contribution in [0.3, 0.4) is 0 Å². The Morgan fingerprint density at radius 3 is 2.83 bits per heavy atom. The van der Waals surface area contributed by atoms with Gasteiger partial charge in [-0.3, -0.25) is 9.69 Å². The summed E-state index contributed by atoms with van der Waals surface area (Å²) in [7, 11) is 0. The van der Waals surface area contributed by atoms with Gasteiger partial charge in [0, 0.05) is 25.2 Å². The minimum atomic E-state index is -0.139.